The summed E-state index contributed by atoms with van der Waals surface area (Å²) < 4.78 is 7.60. The highest BCUT2D eigenvalue weighted by Gasteiger charge is 2.63. The fourth-order valence-electron chi connectivity index (χ4n) is 5.86. The van der Waals surface area contributed by atoms with Gasteiger partial charge in [0.25, 0.3) is 0 Å². The average Bonchev–Trinajstić information content (AvgIpc) is 3.27. The van der Waals surface area contributed by atoms with Gasteiger partial charge in [-0.3, -0.25) is 14.2 Å². The van der Waals surface area contributed by atoms with Crippen LogP contribution < -0.4 is 4.74 Å². The molecule has 0 N–H and O–H groups in total. The predicted octanol–water partition coefficient (Wildman–Crippen LogP) is 4.33. The van der Waals surface area contributed by atoms with Crippen molar-refractivity contribution in [3.63, 3.8) is 0 Å². The third kappa shape index (κ3) is 4.35. The Labute approximate surface area is 280 Å². The SMILES string of the molecule is CC1(C)N([O])C(c2ccc(C(=O)Oc3ccc(C4=[N+]([O-])C(C)(C)C(C)(C)N4[O])cc3C3=[N+]([O-])C(C)(C)C(C)(C)N3[O])cc2)=[N+]([O-])C1(C)C. The van der Waals surface area contributed by atoms with E-state index in [4.69, 9.17) is 4.74 Å². The molecular weight excluding hydrogens is 620 g/mol. The van der Waals surface area contributed by atoms with Crippen molar-refractivity contribution >= 4 is 23.5 Å². The molecule has 3 aliphatic rings. The lowest BCUT2D eigenvalue weighted by atomic mass is 9.84. The minimum atomic E-state index is -1.22. The number of esters is 1. The minimum Gasteiger partial charge on any atom is -0.714 e. The Hall–Kier alpha value is -4.40. The normalized spacial score (nSPS) is 23.4. The number of hydrogen-bond donors (Lipinski definition) is 0. The maximum atomic E-state index is 13.7. The second-order valence-corrected chi connectivity index (χ2v) is 15.8. The number of ether oxygens (including phenoxy) is 1. The van der Waals surface area contributed by atoms with E-state index in [1.54, 1.807) is 83.1 Å². The van der Waals surface area contributed by atoms with Crippen molar-refractivity contribution in [1.82, 2.24) is 15.2 Å². The number of nitrogens with zero attached hydrogens (tertiary/aromatic N) is 6. The fraction of sp³-hybridized carbons (Fsp3) is 0.529. The number of benzene rings is 2. The molecule has 14 nitrogen and oxygen atoms in total. The number of hydrogen-bond acceptors (Lipinski definition) is 8. The van der Waals surface area contributed by atoms with E-state index in [0.29, 0.717) is 35.0 Å². The molecule has 0 bridgehead atoms. The van der Waals surface area contributed by atoms with Gasteiger partial charge < -0.3 is 20.4 Å². The third-order valence-electron chi connectivity index (χ3n) is 11.8. The van der Waals surface area contributed by atoms with Crippen molar-refractivity contribution in [2.24, 2.45) is 0 Å². The average molecular weight is 664 g/mol. The summed E-state index contributed by atoms with van der Waals surface area (Å²) in [6, 6.07) is 9.81. The van der Waals surface area contributed by atoms with Gasteiger partial charge in [-0.1, -0.05) is 15.2 Å². The van der Waals surface area contributed by atoms with Crippen LogP contribution in [0.2, 0.25) is 0 Å². The van der Waals surface area contributed by atoms with Gasteiger partial charge in [0, 0.05) is 15.6 Å². The molecule has 14 heteroatoms. The highest BCUT2D eigenvalue weighted by Crippen LogP contribution is 2.42. The zero-order valence-corrected chi connectivity index (χ0v) is 29.5. The molecule has 48 heavy (non-hydrogen) atoms. The van der Waals surface area contributed by atoms with E-state index in [9.17, 15) is 36.0 Å². The summed E-state index contributed by atoms with van der Waals surface area (Å²) in [5.74, 6) is -1.68. The van der Waals surface area contributed by atoms with E-state index >= 15 is 0 Å². The summed E-state index contributed by atoms with van der Waals surface area (Å²) >= 11 is 0. The van der Waals surface area contributed by atoms with Crippen LogP contribution in [0.5, 0.6) is 5.75 Å². The second-order valence-electron chi connectivity index (χ2n) is 15.8. The van der Waals surface area contributed by atoms with Gasteiger partial charge in [-0.2, -0.15) is 0 Å². The monoisotopic (exact) mass is 663 g/mol. The van der Waals surface area contributed by atoms with Gasteiger partial charge in [0.2, 0.25) is 0 Å². The van der Waals surface area contributed by atoms with Crippen molar-refractivity contribution in [3.05, 3.63) is 80.3 Å². The first-order chi connectivity index (χ1) is 21.8. The molecule has 3 aliphatic heterocycles. The molecule has 2 aromatic carbocycles. The Bertz CT molecular complexity index is 1800. The van der Waals surface area contributed by atoms with Crippen molar-refractivity contribution in [1.29, 1.82) is 0 Å². The van der Waals surface area contributed by atoms with E-state index in [-0.39, 0.29) is 39.9 Å². The van der Waals surface area contributed by atoms with Crippen LogP contribution in [0, 0.1) is 15.6 Å². The summed E-state index contributed by atoms with van der Waals surface area (Å²) in [7, 11) is 0. The fourth-order valence-corrected chi connectivity index (χ4v) is 5.86. The van der Waals surface area contributed by atoms with E-state index < -0.39 is 39.2 Å². The summed E-state index contributed by atoms with van der Waals surface area (Å²) in [5, 5.41) is 82.4. The van der Waals surface area contributed by atoms with Crippen LogP contribution >= 0.6 is 0 Å². The topological polar surface area (TPSA) is 174 Å². The zero-order chi connectivity index (χ0) is 36.3. The smallest absolute Gasteiger partial charge is 0.343 e. The summed E-state index contributed by atoms with van der Waals surface area (Å²) in [6.07, 6.45) is 0. The molecule has 0 aliphatic carbocycles. The Morgan fingerprint density at radius 2 is 0.917 bits per heavy atom. The molecule has 0 atom stereocenters. The quantitative estimate of drug-likeness (QED) is 0.197. The van der Waals surface area contributed by atoms with Crippen LogP contribution in [0.4, 0.5) is 0 Å². The molecule has 0 fully saturated rings. The lowest BCUT2D eigenvalue weighted by Crippen LogP contribution is -2.53. The number of carbonyl (C=O) groups is 1. The maximum absolute atomic E-state index is 13.7. The largest absolute Gasteiger partial charge is 0.714 e. The van der Waals surface area contributed by atoms with E-state index in [2.05, 4.69) is 0 Å². The van der Waals surface area contributed by atoms with Crippen molar-refractivity contribution in [2.45, 2.75) is 116 Å². The van der Waals surface area contributed by atoms with E-state index in [0.717, 1.165) is 0 Å². The summed E-state index contributed by atoms with van der Waals surface area (Å²) in [5.41, 5.74) is -6.35. The van der Waals surface area contributed by atoms with Crippen LogP contribution in [-0.2, 0) is 15.6 Å². The van der Waals surface area contributed by atoms with Crippen LogP contribution in [0.15, 0.2) is 42.5 Å². The van der Waals surface area contributed by atoms with Gasteiger partial charge in [-0.05, 0) is 126 Å². The molecule has 2 aromatic rings. The molecule has 3 radical (unpaired) electrons. The van der Waals surface area contributed by atoms with Crippen LogP contribution in [0.25, 0.3) is 0 Å². The number of carbonyl (C=O) groups excluding carboxylic acids is 1. The molecule has 5 rings (SSSR count). The summed E-state index contributed by atoms with van der Waals surface area (Å²) in [4.78, 5) is 13.5. The number of hydroxylamine groups is 9. The van der Waals surface area contributed by atoms with Crippen LogP contribution in [-0.4, -0.2) is 86.1 Å². The second kappa shape index (κ2) is 10.3. The van der Waals surface area contributed by atoms with Gasteiger partial charge in [0.15, 0.2) is 16.6 Å². The first-order valence-corrected chi connectivity index (χ1v) is 15.7. The highest BCUT2D eigenvalue weighted by molar-refractivity contribution is 6.04. The molecule has 0 spiro atoms. The van der Waals surface area contributed by atoms with Crippen molar-refractivity contribution < 1.29 is 39.4 Å². The Morgan fingerprint density at radius 1 is 0.562 bits per heavy atom. The van der Waals surface area contributed by atoms with Gasteiger partial charge in [0.1, 0.15) is 27.9 Å². The molecule has 0 saturated carbocycles. The molecule has 0 aromatic heterocycles. The van der Waals surface area contributed by atoms with Gasteiger partial charge in [0.05, 0.1) is 16.7 Å². The standard InChI is InChI=1S/C34H43N6O8/c1-29(2)30(3,4)36(43)25(35(29)42)20-13-15-21(16-14-20)28(41)48-24-18-17-22(26-37(44)31(5,6)32(7,8)38(26)45)19-23(24)27-39(46)33(9,10)34(11,12)40(27)47/h13-19H,1-12H3. The van der Waals surface area contributed by atoms with Crippen LogP contribution in [0.3, 0.4) is 0 Å². The van der Waals surface area contributed by atoms with Gasteiger partial charge in [-0.25, -0.2) is 4.79 Å². The van der Waals surface area contributed by atoms with E-state index in [1.807, 2.05) is 0 Å². The molecule has 0 amide bonds. The third-order valence-corrected chi connectivity index (χ3v) is 11.8. The zero-order valence-electron chi connectivity index (χ0n) is 29.5. The molecule has 257 valence electrons. The maximum Gasteiger partial charge on any atom is 0.343 e. The van der Waals surface area contributed by atoms with E-state index in [1.165, 1.54) is 42.5 Å². The number of amidine groups is 3. The Kier molecular flexibility index (Phi) is 7.49. The molecular formula is C34H43N6O8. The molecule has 0 unspecified atom stereocenters. The Morgan fingerprint density at radius 3 is 1.29 bits per heavy atom. The molecule has 0 saturated heterocycles. The predicted molar refractivity (Wildman–Crippen MR) is 173 cm³/mol. The first-order valence-electron chi connectivity index (χ1n) is 15.7. The number of rotatable bonds is 5. The first kappa shape index (κ1) is 34.9. The van der Waals surface area contributed by atoms with Crippen molar-refractivity contribution in [3.8, 4) is 5.75 Å². The Balaban J connectivity index is 1.58. The van der Waals surface area contributed by atoms with Crippen molar-refractivity contribution in [2.75, 3.05) is 0 Å². The minimum absolute atomic E-state index is 0.0565. The van der Waals surface area contributed by atoms with Gasteiger partial charge in [-0.15, -0.1) is 0 Å². The van der Waals surface area contributed by atoms with Crippen LogP contribution in [0.1, 0.15) is 110 Å². The lowest BCUT2D eigenvalue weighted by molar-refractivity contribution is -0.540. The lowest BCUT2D eigenvalue weighted by Gasteiger charge is -2.32. The summed E-state index contributed by atoms with van der Waals surface area (Å²) in [6.45, 7) is 19.7. The highest BCUT2D eigenvalue weighted by atomic mass is 16.6. The van der Waals surface area contributed by atoms with Gasteiger partial charge >= 0.3 is 23.5 Å². The molecule has 3 heterocycles.